The van der Waals surface area contributed by atoms with Crippen LogP contribution in [0.1, 0.15) is 0 Å². The van der Waals surface area contributed by atoms with Crippen LogP contribution in [-0.2, 0) is 10.0 Å². The van der Waals surface area contributed by atoms with Gasteiger partial charge in [0, 0.05) is 6.07 Å². The Morgan fingerprint density at radius 1 is 1.05 bits per heavy atom. The summed E-state index contributed by atoms with van der Waals surface area (Å²) < 4.78 is 36.9. The van der Waals surface area contributed by atoms with Crippen LogP contribution < -0.4 is 14.2 Å². The normalized spacial score (nSPS) is 11.0. The number of hydrogen-bond acceptors (Lipinski definition) is 6. The first-order valence-corrected chi connectivity index (χ1v) is 7.56. The quantitative estimate of drug-likeness (QED) is 0.901. The van der Waals surface area contributed by atoms with Crippen molar-refractivity contribution in [1.82, 2.24) is 10.2 Å². The van der Waals surface area contributed by atoms with Crippen LogP contribution in [0.15, 0.2) is 35.2 Å². The van der Waals surface area contributed by atoms with Crippen LogP contribution in [0.3, 0.4) is 0 Å². The lowest BCUT2D eigenvalue weighted by molar-refractivity contribution is 0.354. The zero-order chi connectivity index (χ0) is 15.5. The number of benzene rings is 1. The molecule has 112 valence electrons. The number of ether oxygens (including phenoxy) is 2. The molecule has 0 saturated carbocycles. The number of hydrogen-bond donors (Lipinski definition) is 1. The van der Waals surface area contributed by atoms with Gasteiger partial charge in [-0.25, -0.2) is 8.42 Å². The van der Waals surface area contributed by atoms with Crippen molar-refractivity contribution >= 4 is 27.4 Å². The van der Waals surface area contributed by atoms with Gasteiger partial charge < -0.3 is 9.47 Å². The molecule has 0 unspecified atom stereocenters. The third-order valence-corrected chi connectivity index (χ3v) is 4.09. The fraction of sp³-hybridized carbons (Fsp3) is 0.167. The number of nitrogens with one attached hydrogen (secondary N) is 1. The molecule has 21 heavy (non-hydrogen) atoms. The van der Waals surface area contributed by atoms with Gasteiger partial charge >= 0.3 is 0 Å². The molecule has 1 N–H and O–H groups in total. The summed E-state index contributed by atoms with van der Waals surface area (Å²) in [4.78, 5) is 0.0110. The molecule has 0 atom stereocenters. The summed E-state index contributed by atoms with van der Waals surface area (Å²) in [7, 11) is -0.926. The van der Waals surface area contributed by atoms with E-state index in [1.807, 2.05) is 0 Å². The second kappa shape index (κ2) is 6.15. The molecule has 1 aromatic heterocycles. The highest BCUT2D eigenvalue weighted by Crippen LogP contribution is 2.29. The van der Waals surface area contributed by atoms with Gasteiger partial charge in [0.2, 0.25) is 0 Å². The summed E-state index contributed by atoms with van der Waals surface area (Å²) in [6, 6.07) is 7.09. The molecule has 0 aliphatic rings. The van der Waals surface area contributed by atoms with Crippen LogP contribution in [0.4, 0.5) is 5.82 Å². The Morgan fingerprint density at radius 3 is 2.33 bits per heavy atom. The molecule has 0 aliphatic carbocycles. The SMILES string of the molecule is COc1ccc(S(=O)(=O)Nc2ccc(Cl)nn2)cc1OC. The van der Waals surface area contributed by atoms with Gasteiger partial charge in [0.1, 0.15) is 0 Å². The van der Waals surface area contributed by atoms with Crippen LogP contribution in [0.2, 0.25) is 5.15 Å². The standard InChI is InChI=1S/C12H12ClN3O4S/c1-19-9-4-3-8(7-10(9)20-2)21(17,18)16-12-6-5-11(13)14-15-12/h3-7H,1-2H3,(H,15,16). The molecule has 0 bridgehead atoms. The van der Waals surface area contributed by atoms with Gasteiger partial charge in [0.05, 0.1) is 19.1 Å². The summed E-state index contributed by atoms with van der Waals surface area (Å²) in [5, 5.41) is 7.37. The van der Waals surface area contributed by atoms with E-state index in [9.17, 15) is 8.42 Å². The second-order valence-corrected chi connectivity index (χ2v) is 5.93. The predicted octanol–water partition coefficient (Wildman–Crippen LogP) is 1.95. The monoisotopic (exact) mass is 329 g/mol. The van der Waals surface area contributed by atoms with Crippen LogP contribution >= 0.6 is 11.6 Å². The molecular weight excluding hydrogens is 318 g/mol. The van der Waals surface area contributed by atoms with Crippen molar-refractivity contribution in [2.45, 2.75) is 4.90 Å². The van der Waals surface area contributed by atoms with Gasteiger partial charge in [0.25, 0.3) is 10.0 Å². The van der Waals surface area contributed by atoms with Crippen LogP contribution in [0, 0.1) is 0 Å². The Balaban J connectivity index is 2.33. The van der Waals surface area contributed by atoms with Crippen molar-refractivity contribution in [3.05, 3.63) is 35.5 Å². The zero-order valence-electron chi connectivity index (χ0n) is 11.2. The van der Waals surface area contributed by atoms with E-state index in [1.54, 1.807) is 0 Å². The van der Waals surface area contributed by atoms with Crippen LogP contribution in [0.25, 0.3) is 0 Å². The summed E-state index contributed by atoms with van der Waals surface area (Å²) in [5.41, 5.74) is 0. The Bertz CT molecular complexity index is 735. The van der Waals surface area contributed by atoms with Crippen molar-refractivity contribution in [2.75, 3.05) is 18.9 Å². The molecule has 9 heteroatoms. The molecule has 0 radical (unpaired) electrons. The molecule has 0 spiro atoms. The fourth-order valence-corrected chi connectivity index (χ4v) is 2.66. The summed E-state index contributed by atoms with van der Waals surface area (Å²) in [6.45, 7) is 0. The first-order valence-electron chi connectivity index (χ1n) is 5.70. The average molecular weight is 330 g/mol. The summed E-state index contributed by atoms with van der Waals surface area (Å²) in [5.74, 6) is 0.805. The van der Waals surface area contributed by atoms with E-state index >= 15 is 0 Å². The smallest absolute Gasteiger partial charge is 0.263 e. The Hall–Kier alpha value is -2.06. The number of aromatic nitrogens is 2. The van der Waals surface area contributed by atoms with Gasteiger partial charge in [0.15, 0.2) is 22.5 Å². The van der Waals surface area contributed by atoms with Gasteiger partial charge in [-0.05, 0) is 24.3 Å². The summed E-state index contributed by atoms with van der Waals surface area (Å²) >= 11 is 5.59. The molecule has 2 rings (SSSR count). The van der Waals surface area contributed by atoms with E-state index in [0.717, 1.165) is 0 Å². The van der Waals surface area contributed by atoms with E-state index in [4.69, 9.17) is 21.1 Å². The van der Waals surface area contributed by atoms with Crippen LogP contribution in [-0.4, -0.2) is 32.8 Å². The highest BCUT2D eigenvalue weighted by atomic mass is 35.5. The van der Waals surface area contributed by atoms with Gasteiger partial charge in [-0.2, -0.15) is 0 Å². The van der Waals surface area contributed by atoms with Crippen molar-refractivity contribution in [2.24, 2.45) is 0 Å². The Kier molecular flexibility index (Phi) is 4.49. The number of nitrogens with zero attached hydrogens (tertiary/aromatic N) is 2. The molecule has 0 saturated heterocycles. The number of methoxy groups -OCH3 is 2. The van der Waals surface area contributed by atoms with Crippen molar-refractivity contribution in [1.29, 1.82) is 0 Å². The minimum absolute atomic E-state index is 0.0110. The van der Waals surface area contributed by atoms with E-state index < -0.39 is 10.0 Å². The van der Waals surface area contributed by atoms with Gasteiger partial charge in [-0.1, -0.05) is 11.6 Å². The van der Waals surface area contributed by atoms with Crippen molar-refractivity contribution in [3.8, 4) is 11.5 Å². The molecule has 1 heterocycles. The number of rotatable bonds is 5. The third kappa shape index (κ3) is 3.53. The van der Waals surface area contributed by atoms with E-state index in [2.05, 4.69) is 14.9 Å². The van der Waals surface area contributed by atoms with Crippen LogP contribution in [0.5, 0.6) is 11.5 Å². The fourth-order valence-electron chi connectivity index (χ4n) is 1.55. The highest BCUT2D eigenvalue weighted by molar-refractivity contribution is 7.92. The lowest BCUT2D eigenvalue weighted by atomic mass is 10.3. The first kappa shape index (κ1) is 15.3. The maximum Gasteiger partial charge on any atom is 0.263 e. The lowest BCUT2D eigenvalue weighted by Crippen LogP contribution is -2.14. The molecule has 7 nitrogen and oxygen atoms in total. The van der Waals surface area contributed by atoms with Crippen molar-refractivity contribution in [3.63, 3.8) is 0 Å². The maximum absolute atomic E-state index is 12.2. The number of anilines is 1. The molecule has 0 fully saturated rings. The van der Waals surface area contributed by atoms with Crippen molar-refractivity contribution < 1.29 is 17.9 Å². The maximum atomic E-state index is 12.2. The highest BCUT2D eigenvalue weighted by Gasteiger charge is 2.17. The third-order valence-electron chi connectivity index (χ3n) is 2.54. The Morgan fingerprint density at radius 2 is 1.76 bits per heavy atom. The topological polar surface area (TPSA) is 90.4 Å². The van der Waals surface area contributed by atoms with E-state index in [1.165, 1.54) is 44.6 Å². The molecule has 2 aromatic rings. The molecule has 0 amide bonds. The number of sulfonamides is 1. The molecule has 0 aliphatic heterocycles. The molecular formula is C12H12ClN3O4S. The average Bonchev–Trinajstić information content (AvgIpc) is 2.48. The Labute approximate surface area is 126 Å². The largest absolute Gasteiger partial charge is 0.493 e. The van der Waals surface area contributed by atoms with Gasteiger partial charge in [-0.15, -0.1) is 10.2 Å². The number of halogens is 1. The lowest BCUT2D eigenvalue weighted by Gasteiger charge is -2.11. The second-order valence-electron chi connectivity index (χ2n) is 3.86. The van der Waals surface area contributed by atoms with E-state index in [-0.39, 0.29) is 15.9 Å². The minimum Gasteiger partial charge on any atom is -0.493 e. The summed E-state index contributed by atoms with van der Waals surface area (Å²) in [6.07, 6.45) is 0. The molecule has 1 aromatic carbocycles. The predicted molar refractivity (Wildman–Crippen MR) is 77.4 cm³/mol. The zero-order valence-corrected chi connectivity index (χ0v) is 12.8. The van der Waals surface area contributed by atoms with Gasteiger partial charge in [-0.3, -0.25) is 4.72 Å². The van der Waals surface area contributed by atoms with E-state index in [0.29, 0.717) is 11.5 Å². The minimum atomic E-state index is -3.81. The first-order chi connectivity index (χ1) is 9.96.